The van der Waals surface area contributed by atoms with Crippen molar-refractivity contribution >= 4 is 43.6 Å². The standard InChI is InChI=1S/C65H45N5/c1-42-22-26-44(27-23-42)48-31-35-59-55(38-48)56-39-49(45-28-24-43(2)25-29-45)32-36-60(56)70(59)61-37-33-50(51-30-34-54-53-20-12-13-21-58(53)69(62(54)41-51)52-18-10-5-11-19-52)40-57(61)65-67-63(46-14-6-3-7-15-46)66-64(68-65)47-16-8-4-9-17-47/h3-41H,1-2H3. The molecule has 0 amide bonds. The SMILES string of the molecule is Cc1ccc(-c2ccc3c(c2)c2cc(-c4ccc(C)cc4)ccc2n3-c2ccc(-c3ccc4c5ccccc5n(-c5ccccc5)c4c3)cc2-c2nc(-c3ccccc3)nc(-c3ccccc3)n2)cc1. The summed E-state index contributed by atoms with van der Waals surface area (Å²) in [6, 6.07) is 84.8. The minimum atomic E-state index is 0.589. The average Bonchev–Trinajstić information content (AvgIpc) is 3.93. The molecule has 13 aromatic rings. The van der Waals surface area contributed by atoms with Gasteiger partial charge in [0.25, 0.3) is 0 Å². The fraction of sp³-hybridized carbons (Fsp3) is 0.0308. The molecular weight excluding hydrogens is 851 g/mol. The Labute approximate surface area is 406 Å². The van der Waals surface area contributed by atoms with E-state index in [1.165, 1.54) is 60.4 Å². The van der Waals surface area contributed by atoms with Gasteiger partial charge in [0, 0.05) is 43.9 Å². The zero-order valence-corrected chi connectivity index (χ0v) is 38.8. The van der Waals surface area contributed by atoms with Gasteiger partial charge >= 0.3 is 0 Å². The zero-order chi connectivity index (χ0) is 46.7. The zero-order valence-electron chi connectivity index (χ0n) is 38.8. The molecule has 0 bridgehead atoms. The molecule has 10 aromatic carbocycles. The average molecular weight is 896 g/mol. The van der Waals surface area contributed by atoms with E-state index in [-0.39, 0.29) is 0 Å². The maximum absolute atomic E-state index is 5.38. The summed E-state index contributed by atoms with van der Waals surface area (Å²) in [7, 11) is 0. The molecule has 3 heterocycles. The smallest absolute Gasteiger partial charge is 0.166 e. The highest BCUT2D eigenvalue weighted by atomic mass is 15.1. The second-order valence-electron chi connectivity index (χ2n) is 18.2. The normalized spacial score (nSPS) is 11.6. The monoisotopic (exact) mass is 895 g/mol. The van der Waals surface area contributed by atoms with Crippen molar-refractivity contribution in [1.29, 1.82) is 0 Å². The molecule has 0 unspecified atom stereocenters. The van der Waals surface area contributed by atoms with Crippen LogP contribution in [0.5, 0.6) is 0 Å². The Morgan fingerprint density at radius 1 is 0.271 bits per heavy atom. The van der Waals surface area contributed by atoms with Crippen molar-refractivity contribution in [2.24, 2.45) is 0 Å². The molecule has 0 atom stereocenters. The summed E-state index contributed by atoms with van der Waals surface area (Å²) in [6.45, 7) is 4.27. The quantitative estimate of drug-likeness (QED) is 0.153. The van der Waals surface area contributed by atoms with Crippen LogP contribution in [0.1, 0.15) is 11.1 Å². The Morgan fingerprint density at radius 2 is 0.700 bits per heavy atom. The third-order valence-corrected chi connectivity index (χ3v) is 13.7. The van der Waals surface area contributed by atoms with Gasteiger partial charge in [-0.2, -0.15) is 0 Å². The molecule has 5 nitrogen and oxygen atoms in total. The number of rotatable bonds is 8. The van der Waals surface area contributed by atoms with Crippen molar-refractivity contribution < 1.29 is 0 Å². The predicted molar refractivity (Wildman–Crippen MR) is 291 cm³/mol. The number of fused-ring (bicyclic) bond motifs is 6. The number of aryl methyl sites for hydroxylation is 2. The summed E-state index contributed by atoms with van der Waals surface area (Å²) < 4.78 is 4.79. The first kappa shape index (κ1) is 41.0. The van der Waals surface area contributed by atoms with Gasteiger partial charge in [0.1, 0.15) is 0 Å². The second kappa shape index (κ2) is 16.8. The number of benzene rings is 10. The molecule has 0 N–H and O–H groups in total. The van der Waals surface area contributed by atoms with Gasteiger partial charge in [-0.15, -0.1) is 0 Å². The van der Waals surface area contributed by atoms with Gasteiger partial charge in [-0.3, -0.25) is 0 Å². The van der Waals surface area contributed by atoms with E-state index in [9.17, 15) is 0 Å². The van der Waals surface area contributed by atoms with E-state index in [4.69, 9.17) is 15.0 Å². The lowest BCUT2D eigenvalue weighted by atomic mass is 9.99. The minimum Gasteiger partial charge on any atom is -0.309 e. The lowest BCUT2D eigenvalue weighted by molar-refractivity contribution is 1.06. The van der Waals surface area contributed by atoms with Crippen molar-refractivity contribution in [2.45, 2.75) is 13.8 Å². The van der Waals surface area contributed by atoms with E-state index < -0.39 is 0 Å². The molecule has 0 saturated heterocycles. The van der Waals surface area contributed by atoms with Gasteiger partial charge in [-0.1, -0.05) is 187 Å². The van der Waals surface area contributed by atoms with E-state index in [1.54, 1.807) is 0 Å². The Bertz CT molecular complexity index is 3940. The second-order valence-corrected chi connectivity index (χ2v) is 18.2. The minimum absolute atomic E-state index is 0.589. The molecule has 3 aromatic heterocycles. The number of aromatic nitrogens is 5. The van der Waals surface area contributed by atoms with Crippen molar-refractivity contribution in [1.82, 2.24) is 24.1 Å². The first-order chi connectivity index (χ1) is 34.5. The molecule has 0 radical (unpaired) electrons. The fourth-order valence-corrected chi connectivity index (χ4v) is 10.2. The summed E-state index contributed by atoms with van der Waals surface area (Å²) in [5, 5.41) is 4.76. The molecule has 5 heteroatoms. The molecule has 330 valence electrons. The number of hydrogen-bond acceptors (Lipinski definition) is 3. The third kappa shape index (κ3) is 7.15. The fourth-order valence-electron chi connectivity index (χ4n) is 10.2. The maximum atomic E-state index is 5.38. The van der Waals surface area contributed by atoms with E-state index in [2.05, 4.69) is 223 Å². The van der Waals surface area contributed by atoms with E-state index >= 15 is 0 Å². The highest BCUT2D eigenvalue weighted by Gasteiger charge is 2.22. The lowest BCUT2D eigenvalue weighted by Crippen LogP contribution is -2.04. The lowest BCUT2D eigenvalue weighted by Gasteiger charge is -2.17. The Balaban J connectivity index is 1.09. The molecule has 0 aliphatic heterocycles. The van der Waals surface area contributed by atoms with Crippen LogP contribution >= 0.6 is 0 Å². The topological polar surface area (TPSA) is 48.5 Å². The number of hydrogen-bond donors (Lipinski definition) is 0. The van der Waals surface area contributed by atoms with Crippen LogP contribution < -0.4 is 0 Å². The summed E-state index contributed by atoms with van der Waals surface area (Å²) in [6.07, 6.45) is 0. The Hall–Kier alpha value is -9.19. The first-order valence-electron chi connectivity index (χ1n) is 23.8. The van der Waals surface area contributed by atoms with E-state index in [1.807, 2.05) is 36.4 Å². The Morgan fingerprint density at radius 3 is 1.29 bits per heavy atom. The maximum Gasteiger partial charge on any atom is 0.166 e. The van der Waals surface area contributed by atoms with Gasteiger partial charge < -0.3 is 9.13 Å². The number of nitrogens with zero attached hydrogens (tertiary/aromatic N) is 5. The summed E-state index contributed by atoms with van der Waals surface area (Å²) >= 11 is 0. The van der Waals surface area contributed by atoms with E-state index in [0.717, 1.165) is 55.7 Å². The van der Waals surface area contributed by atoms with Crippen LogP contribution in [0.25, 0.3) is 123 Å². The van der Waals surface area contributed by atoms with Gasteiger partial charge in [-0.05, 0) is 108 Å². The molecule has 0 aliphatic rings. The van der Waals surface area contributed by atoms with Crippen LogP contribution in [0.4, 0.5) is 0 Å². The van der Waals surface area contributed by atoms with Crippen LogP contribution in [0.2, 0.25) is 0 Å². The van der Waals surface area contributed by atoms with Crippen molar-refractivity contribution in [3.63, 3.8) is 0 Å². The van der Waals surface area contributed by atoms with E-state index in [0.29, 0.717) is 17.5 Å². The van der Waals surface area contributed by atoms with Crippen molar-refractivity contribution in [3.05, 3.63) is 248 Å². The number of para-hydroxylation sites is 2. The summed E-state index contributed by atoms with van der Waals surface area (Å²) in [5.41, 5.74) is 18.7. The Kier molecular flexibility index (Phi) is 9.88. The summed E-state index contributed by atoms with van der Waals surface area (Å²) in [4.78, 5) is 15.9. The molecule has 0 aliphatic carbocycles. The third-order valence-electron chi connectivity index (χ3n) is 13.7. The highest BCUT2D eigenvalue weighted by molar-refractivity contribution is 6.13. The van der Waals surface area contributed by atoms with Gasteiger partial charge in [0.05, 0.1) is 27.8 Å². The highest BCUT2D eigenvalue weighted by Crippen LogP contribution is 2.42. The van der Waals surface area contributed by atoms with Crippen molar-refractivity contribution in [3.8, 4) is 78.9 Å². The molecule has 70 heavy (non-hydrogen) atoms. The van der Waals surface area contributed by atoms with Crippen LogP contribution in [-0.2, 0) is 0 Å². The van der Waals surface area contributed by atoms with Crippen LogP contribution in [0.15, 0.2) is 237 Å². The van der Waals surface area contributed by atoms with Crippen LogP contribution in [-0.4, -0.2) is 24.1 Å². The van der Waals surface area contributed by atoms with Gasteiger partial charge in [0.15, 0.2) is 17.5 Å². The molecule has 0 spiro atoms. The molecular formula is C65H45N5. The van der Waals surface area contributed by atoms with Crippen LogP contribution in [0, 0.1) is 13.8 Å². The summed E-state index contributed by atoms with van der Waals surface area (Å²) in [5.74, 6) is 1.82. The first-order valence-corrected chi connectivity index (χ1v) is 23.8. The van der Waals surface area contributed by atoms with Crippen molar-refractivity contribution in [2.75, 3.05) is 0 Å². The molecule has 0 saturated carbocycles. The van der Waals surface area contributed by atoms with Gasteiger partial charge in [0.2, 0.25) is 0 Å². The van der Waals surface area contributed by atoms with Crippen LogP contribution in [0.3, 0.4) is 0 Å². The largest absolute Gasteiger partial charge is 0.309 e. The van der Waals surface area contributed by atoms with Gasteiger partial charge in [-0.25, -0.2) is 15.0 Å². The predicted octanol–water partition coefficient (Wildman–Crippen LogP) is 16.7. The molecule has 0 fully saturated rings. The molecule has 13 rings (SSSR count).